The lowest BCUT2D eigenvalue weighted by molar-refractivity contribution is -0.122. The summed E-state index contributed by atoms with van der Waals surface area (Å²) >= 11 is 0. The highest BCUT2D eigenvalue weighted by Crippen LogP contribution is 2.27. The van der Waals surface area contributed by atoms with Crippen LogP contribution in [0.1, 0.15) is 67.2 Å². The van der Waals surface area contributed by atoms with Crippen LogP contribution >= 0.6 is 0 Å². The van der Waals surface area contributed by atoms with E-state index in [4.69, 9.17) is 9.62 Å². The van der Waals surface area contributed by atoms with Crippen molar-refractivity contribution in [1.29, 1.82) is 0 Å². The van der Waals surface area contributed by atoms with Crippen LogP contribution in [0.2, 0.25) is 0 Å². The normalized spacial score (nSPS) is 16.7. The Balaban J connectivity index is 1.94. The van der Waals surface area contributed by atoms with Crippen LogP contribution in [0.5, 0.6) is 0 Å². The highest BCUT2D eigenvalue weighted by atomic mass is 16.5. The molecule has 1 aliphatic carbocycles. The molecule has 0 unspecified atom stereocenters. The van der Waals surface area contributed by atoms with E-state index in [9.17, 15) is 9.59 Å². The van der Waals surface area contributed by atoms with E-state index in [1.54, 1.807) is 13.8 Å². The number of hydrogen-bond acceptors (Lipinski definition) is 5. The number of nitrogens with one attached hydrogen (secondary N) is 2. The van der Waals surface area contributed by atoms with Crippen molar-refractivity contribution in [2.45, 2.75) is 52.0 Å². The highest BCUT2D eigenvalue weighted by Gasteiger charge is 2.23. The van der Waals surface area contributed by atoms with Crippen LogP contribution in [0, 0.1) is 12.8 Å². The second-order valence-electron chi connectivity index (χ2n) is 5.55. The molecule has 0 spiro atoms. The molecule has 116 valence electrons. The van der Waals surface area contributed by atoms with Crippen LogP contribution in [-0.4, -0.2) is 22.0 Å². The summed E-state index contributed by atoms with van der Waals surface area (Å²) in [5.41, 5.74) is 1.87. The lowest BCUT2D eigenvalue weighted by Crippen LogP contribution is -2.28. The molecule has 0 aliphatic heterocycles. The zero-order valence-electron chi connectivity index (χ0n) is 12.3. The number of hydroxylamine groups is 1. The highest BCUT2D eigenvalue weighted by molar-refractivity contribution is 5.91. The van der Waals surface area contributed by atoms with Gasteiger partial charge in [0.25, 0.3) is 0 Å². The fourth-order valence-electron chi connectivity index (χ4n) is 2.70. The van der Waals surface area contributed by atoms with Crippen LogP contribution in [0.3, 0.4) is 0 Å². The van der Waals surface area contributed by atoms with Crippen LogP contribution in [0.15, 0.2) is 4.42 Å². The van der Waals surface area contributed by atoms with Crippen molar-refractivity contribution in [1.82, 2.24) is 15.8 Å². The molecule has 1 aromatic rings. The van der Waals surface area contributed by atoms with Crippen molar-refractivity contribution in [2.24, 2.45) is 5.92 Å². The number of aromatic nitrogens is 1. The molecule has 1 atom stereocenters. The standard InChI is InChI=1S/C14H21N3O4/c1-8-12(13(19)17-20)21-14(16-8)9(2)15-11(18)7-10-5-3-4-6-10/h9-10,20H,3-7H2,1-2H3,(H,15,18)(H,17,19)/t9-/m0/s1. The predicted octanol–water partition coefficient (Wildman–Crippen LogP) is 1.86. The fraction of sp³-hybridized carbons (Fsp3) is 0.643. The van der Waals surface area contributed by atoms with E-state index in [0.29, 0.717) is 18.0 Å². The SMILES string of the molecule is Cc1nc([C@H](C)NC(=O)CC2CCCC2)oc1C(=O)NO. The van der Waals surface area contributed by atoms with Crippen molar-refractivity contribution in [3.8, 4) is 0 Å². The van der Waals surface area contributed by atoms with E-state index in [1.807, 2.05) is 0 Å². The molecule has 1 heterocycles. The number of aryl methyl sites for hydroxylation is 1. The first-order valence-corrected chi connectivity index (χ1v) is 7.22. The summed E-state index contributed by atoms with van der Waals surface area (Å²) in [7, 11) is 0. The van der Waals surface area contributed by atoms with Gasteiger partial charge in [0.1, 0.15) is 6.04 Å². The summed E-state index contributed by atoms with van der Waals surface area (Å²) in [5, 5.41) is 11.4. The van der Waals surface area contributed by atoms with Crippen LogP contribution < -0.4 is 10.8 Å². The molecule has 0 radical (unpaired) electrons. The number of oxazole rings is 1. The van der Waals surface area contributed by atoms with Gasteiger partial charge in [0.2, 0.25) is 17.6 Å². The molecule has 1 fully saturated rings. The van der Waals surface area contributed by atoms with Gasteiger partial charge in [0.15, 0.2) is 0 Å². The largest absolute Gasteiger partial charge is 0.433 e. The summed E-state index contributed by atoms with van der Waals surface area (Å²) in [6.45, 7) is 3.35. The molecule has 1 saturated carbocycles. The van der Waals surface area contributed by atoms with Gasteiger partial charge in [-0.25, -0.2) is 10.5 Å². The Morgan fingerprint density at radius 2 is 2.10 bits per heavy atom. The second kappa shape index (κ2) is 6.71. The van der Waals surface area contributed by atoms with E-state index in [2.05, 4.69) is 10.3 Å². The van der Waals surface area contributed by atoms with Crippen LogP contribution in [-0.2, 0) is 4.79 Å². The van der Waals surface area contributed by atoms with Gasteiger partial charge in [-0.05, 0) is 32.6 Å². The van der Waals surface area contributed by atoms with Crippen molar-refractivity contribution in [3.05, 3.63) is 17.3 Å². The molecule has 1 aromatic heterocycles. The first kappa shape index (κ1) is 15.5. The van der Waals surface area contributed by atoms with E-state index < -0.39 is 11.9 Å². The second-order valence-corrected chi connectivity index (χ2v) is 5.55. The minimum atomic E-state index is -0.754. The Morgan fingerprint density at radius 3 is 2.71 bits per heavy atom. The summed E-state index contributed by atoms with van der Waals surface area (Å²) in [6, 6.07) is -0.419. The maximum atomic E-state index is 12.0. The Labute approximate surface area is 123 Å². The molecule has 0 aromatic carbocycles. The number of hydrogen-bond donors (Lipinski definition) is 3. The molecule has 3 N–H and O–H groups in total. The van der Waals surface area contributed by atoms with Crippen LogP contribution in [0.25, 0.3) is 0 Å². The molecular formula is C14H21N3O4. The maximum Gasteiger partial charge on any atom is 0.312 e. The van der Waals surface area contributed by atoms with Crippen molar-refractivity contribution < 1.29 is 19.2 Å². The van der Waals surface area contributed by atoms with Gasteiger partial charge in [-0.2, -0.15) is 0 Å². The average Bonchev–Trinajstić information content (AvgIpc) is 3.07. The number of amides is 2. The van der Waals surface area contributed by atoms with Gasteiger partial charge in [-0.3, -0.25) is 14.8 Å². The first-order chi connectivity index (χ1) is 10.0. The van der Waals surface area contributed by atoms with E-state index in [0.717, 1.165) is 12.8 Å². The molecule has 1 aliphatic rings. The zero-order valence-corrected chi connectivity index (χ0v) is 12.3. The Morgan fingerprint density at radius 1 is 1.43 bits per heavy atom. The average molecular weight is 295 g/mol. The smallest absolute Gasteiger partial charge is 0.312 e. The number of carbonyl (C=O) groups is 2. The lowest BCUT2D eigenvalue weighted by atomic mass is 10.0. The van der Waals surface area contributed by atoms with Gasteiger partial charge in [0, 0.05) is 6.42 Å². The Kier molecular flexibility index (Phi) is 4.95. The van der Waals surface area contributed by atoms with Crippen molar-refractivity contribution in [3.63, 3.8) is 0 Å². The van der Waals surface area contributed by atoms with Gasteiger partial charge < -0.3 is 9.73 Å². The number of rotatable bonds is 5. The van der Waals surface area contributed by atoms with Gasteiger partial charge in [-0.1, -0.05) is 12.8 Å². The minimum absolute atomic E-state index is 0.0292. The van der Waals surface area contributed by atoms with Crippen molar-refractivity contribution in [2.75, 3.05) is 0 Å². The molecule has 0 bridgehead atoms. The summed E-state index contributed by atoms with van der Waals surface area (Å²) in [6.07, 6.45) is 5.15. The maximum absolute atomic E-state index is 12.0. The Bertz CT molecular complexity index is 520. The van der Waals surface area contributed by atoms with Crippen molar-refractivity contribution >= 4 is 11.8 Å². The Hall–Kier alpha value is -1.89. The first-order valence-electron chi connectivity index (χ1n) is 7.22. The molecule has 7 nitrogen and oxygen atoms in total. The van der Waals surface area contributed by atoms with Gasteiger partial charge >= 0.3 is 5.91 Å². The molecule has 2 rings (SSSR count). The summed E-state index contributed by atoms with van der Waals surface area (Å²) in [4.78, 5) is 27.4. The van der Waals surface area contributed by atoms with E-state index in [-0.39, 0.29) is 17.6 Å². The third-order valence-electron chi connectivity index (χ3n) is 3.82. The van der Waals surface area contributed by atoms with Crippen LogP contribution in [0.4, 0.5) is 0 Å². The van der Waals surface area contributed by atoms with E-state index >= 15 is 0 Å². The topological polar surface area (TPSA) is 104 Å². The quantitative estimate of drug-likeness (QED) is 0.568. The summed E-state index contributed by atoms with van der Waals surface area (Å²) in [5.74, 6) is -0.108. The molecule has 2 amide bonds. The lowest BCUT2D eigenvalue weighted by Gasteiger charge is -2.13. The number of carbonyl (C=O) groups excluding carboxylic acids is 2. The molecule has 7 heteroatoms. The van der Waals surface area contributed by atoms with Gasteiger partial charge in [0.05, 0.1) is 5.69 Å². The minimum Gasteiger partial charge on any atom is -0.433 e. The molecule has 0 saturated heterocycles. The zero-order chi connectivity index (χ0) is 15.4. The third kappa shape index (κ3) is 3.81. The molecular weight excluding hydrogens is 274 g/mol. The third-order valence-corrected chi connectivity index (χ3v) is 3.82. The molecule has 21 heavy (non-hydrogen) atoms. The monoisotopic (exact) mass is 295 g/mol. The fourth-order valence-corrected chi connectivity index (χ4v) is 2.70. The van der Waals surface area contributed by atoms with E-state index in [1.165, 1.54) is 18.3 Å². The number of nitrogens with zero attached hydrogens (tertiary/aromatic N) is 1. The van der Waals surface area contributed by atoms with Gasteiger partial charge in [-0.15, -0.1) is 0 Å². The predicted molar refractivity (Wildman–Crippen MR) is 73.6 cm³/mol. The summed E-state index contributed by atoms with van der Waals surface area (Å²) < 4.78 is 5.30.